The van der Waals surface area contributed by atoms with Crippen molar-refractivity contribution >= 4 is 0 Å². The molecule has 2 saturated heterocycles. The Bertz CT molecular complexity index is 202. The van der Waals surface area contributed by atoms with Crippen molar-refractivity contribution in [1.29, 1.82) is 0 Å². The van der Waals surface area contributed by atoms with Gasteiger partial charge >= 0.3 is 0 Å². The van der Waals surface area contributed by atoms with Crippen molar-refractivity contribution < 1.29 is 0 Å². The van der Waals surface area contributed by atoms with Crippen LogP contribution in [-0.2, 0) is 0 Å². The van der Waals surface area contributed by atoms with E-state index in [4.69, 9.17) is 0 Å². The first-order valence-corrected chi connectivity index (χ1v) is 7.62. The van der Waals surface area contributed by atoms with Crippen LogP contribution >= 0.6 is 0 Å². The first kappa shape index (κ1) is 12.4. The summed E-state index contributed by atoms with van der Waals surface area (Å²) in [5, 5.41) is 0. The largest absolute Gasteiger partial charge is 0.297 e. The third-order valence-corrected chi connectivity index (χ3v) is 4.78. The summed E-state index contributed by atoms with van der Waals surface area (Å²) in [5.41, 5.74) is 0. The Kier molecular flexibility index (Phi) is 4.69. The maximum Gasteiger partial charge on any atom is 0.0127 e. The van der Waals surface area contributed by atoms with Gasteiger partial charge in [-0.25, -0.2) is 0 Å². The van der Waals surface area contributed by atoms with Gasteiger partial charge in [-0.2, -0.15) is 0 Å². The van der Waals surface area contributed by atoms with Crippen molar-refractivity contribution in [2.75, 3.05) is 6.54 Å². The number of piperidine rings is 1. The molecule has 2 heterocycles. The number of rotatable bonds is 5. The monoisotopic (exact) mass is 223 g/mol. The molecule has 0 radical (unpaired) electrons. The van der Waals surface area contributed by atoms with Gasteiger partial charge in [0.1, 0.15) is 0 Å². The quantitative estimate of drug-likeness (QED) is 0.674. The molecule has 94 valence electrons. The van der Waals surface area contributed by atoms with E-state index in [9.17, 15) is 0 Å². The summed E-state index contributed by atoms with van der Waals surface area (Å²) in [6.45, 7) is 6.07. The molecule has 0 saturated carbocycles. The predicted octanol–water partition coefficient (Wildman–Crippen LogP) is 4.22. The summed E-state index contributed by atoms with van der Waals surface area (Å²) < 4.78 is 0. The zero-order valence-corrected chi connectivity index (χ0v) is 11.3. The molecule has 1 heteroatoms. The van der Waals surface area contributed by atoms with Crippen molar-refractivity contribution in [3.63, 3.8) is 0 Å². The lowest BCUT2D eigenvalue weighted by Gasteiger charge is -2.43. The number of hydrogen-bond donors (Lipinski definition) is 0. The lowest BCUT2D eigenvalue weighted by molar-refractivity contribution is 0.0639. The highest BCUT2D eigenvalue weighted by atomic mass is 15.2. The van der Waals surface area contributed by atoms with Crippen LogP contribution in [0, 0.1) is 5.92 Å². The third kappa shape index (κ3) is 2.61. The summed E-state index contributed by atoms with van der Waals surface area (Å²) >= 11 is 0. The van der Waals surface area contributed by atoms with Crippen molar-refractivity contribution in [3.8, 4) is 0 Å². The van der Waals surface area contributed by atoms with Crippen LogP contribution < -0.4 is 0 Å². The van der Waals surface area contributed by atoms with Gasteiger partial charge in [-0.3, -0.25) is 4.90 Å². The molecule has 0 aromatic carbocycles. The van der Waals surface area contributed by atoms with Gasteiger partial charge in [-0.05, 0) is 51.0 Å². The van der Waals surface area contributed by atoms with Crippen LogP contribution in [-0.4, -0.2) is 23.5 Å². The molecule has 0 aromatic heterocycles. The Labute approximate surface area is 102 Å². The van der Waals surface area contributed by atoms with Gasteiger partial charge in [0.25, 0.3) is 0 Å². The van der Waals surface area contributed by atoms with Gasteiger partial charge in [0.15, 0.2) is 0 Å². The fourth-order valence-electron chi connectivity index (χ4n) is 3.99. The molecule has 2 aliphatic rings. The molecule has 0 aliphatic carbocycles. The Balaban J connectivity index is 1.91. The van der Waals surface area contributed by atoms with Gasteiger partial charge in [0.2, 0.25) is 0 Å². The van der Waals surface area contributed by atoms with E-state index in [1.165, 1.54) is 64.3 Å². The van der Waals surface area contributed by atoms with Crippen LogP contribution in [0.1, 0.15) is 71.6 Å². The molecule has 2 fully saturated rings. The molecule has 16 heavy (non-hydrogen) atoms. The topological polar surface area (TPSA) is 3.24 Å². The van der Waals surface area contributed by atoms with Crippen LogP contribution in [0.15, 0.2) is 0 Å². The zero-order valence-electron chi connectivity index (χ0n) is 11.3. The van der Waals surface area contributed by atoms with Crippen LogP contribution in [0.4, 0.5) is 0 Å². The van der Waals surface area contributed by atoms with Crippen molar-refractivity contribution in [3.05, 3.63) is 0 Å². The maximum atomic E-state index is 2.88. The van der Waals surface area contributed by atoms with E-state index in [0.29, 0.717) is 0 Å². The maximum absolute atomic E-state index is 2.88. The first-order chi connectivity index (χ1) is 7.86. The van der Waals surface area contributed by atoms with Crippen molar-refractivity contribution in [1.82, 2.24) is 4.90 Å². The molecule has 0 amide bonds. The molecule has 1 nitrogen and oxygen atoms in total. The smallest absolute Gasteiger partial charge is 0.0127 e. The van der Waals surface area contributed by atoms with Crippen LogP contribution in [0.25, 0.3) is 0 Å². The van der Waals surface area contributed by atoms with Crippen LogP contribution in [0.2, 0.25) is 0 Å². The minimum Gasteiger partial charge on any atom is -0.297 e. The fraction of sp³-hybridized carbons (Fsp3) is 1.00. The molecule has 2 aliphatic heterocycles. The summed E-state index contributed by atoms with van der Waals surface area (Å²) in [5.74, 6) is 1.04. The number of nitrogens with zero attached hydrogens (tertiary/aromatic N) is 1. The Hall–Kier alpha value is -0.0400. The Morgan fingerprint density at radius 3 is 2.62 bits per heavy atom. The standard InChI is InChI=1S/C15H29N/c1-3-5-8-13-10-11-14(7-4-2)16-12-6-9-15(13)16/h13-15H,3-12H2,1-2H3/t13?,14-,15-/m0/s1. The molecular formula is C15H29N. The number of fused-ring (bicyclic) bond motifs is 1. The van der Waals surface area contributed by atoms with Crippen LogP contribution in [0.3, 0.4) is 0 Å². The third-order valence-electron chi connectivity index (χ3n) is 4.78. The highest BCUT2D eigenvalue weighted by Gasteiger charge is 2.38. The van der Waals surface area contributed by atoms with Crippen LogP contribution in [0.5, 0.6) is 0 Å². The molecule has 2 rings (SSSR count). The second-order valence-electron chi connectivity index (χ2n) is 5.87. The predicted molar refractivity (Wildman–Crippen MR) is 70.7 cm³/mol. The molecule has 1 unspecified atom stereocenters. The second-order valence-corrected chi connectivity index (χ2v) is 5.87. The molecule has 3 atom stereocenters. The molecule has 0 N–H and O–H groups in total. The number of unbranched alkanes of at least 4 members (excludes halogenated alkanes) is 1. The summed E-state index contributed by atoms with van der Waals surface area (Å²) in [7, 11) is 0. The SMILES string of the molecule is CCCCC1CC[C@H](CCC)N2CCC[C@@H]12. The van der Waals surface area contributed by atoms with Gasteiger partial charge in [-0.1, -0.05) is 33.1 Å². The van der Waals surface area contributed by atoms with Gasteiger partial charge in [0, 0.05) is 12.1 Å². The van der Waals surface area contributed by atoms with E-state index < -0.39 is 0 Å². The summed E-state index contributed by atoms with van der Waals surface area (Å²) in [4.78, 5) is 2.88. The second kappa shape index (κ2) is 6.05. The van der Waals surface area contributed by atoms with Crippen molar-refractivity contribution in [2.24, 2.45) is 5.92 Å². The zero-order chi connectivity index (χ0) is 11.4. The first-order valence-electron chi connectivity index (χ1n) is 7.62. The normalized spacial score (nSPS) is 35.2. The minimum atomic E-state index is 0.940. The highest BCUT2D eigenvalue weighted by Crippen LogP contribution is 2.38. The Morgan fingerprint density at radius 2 is 1.88 bits per heavy atom. The highest BCUT2D eigenvalue weighted by molar-refractivity contribution is 4.93. The summed E-state index contributed by atoms with van der Waals surface area (Å²) in [6.07, 6.45) is 13.1. The molecule has 0 spiro atoms. The van der Waals surface area contributed by atoms with E-state index >= 15 is 0 Å². The molecule has 0 bridgehead atoms. The lowest BCUT2D eigenvalue weighted by atomic mass is 9.81. The van der Waals surface area contributed by atoms with Gasteiger partial charge in [0.05, 0.1) is 0 Å². The average molecular weight is 223 g/mol. The fourth-order valence-corrected chi connectivity index (χ4v) is 3.99. The molecular weight excluding hydrogens is 194 g/mol. The summed E-state index contributed by atoms with van der Waals surface area (Å²) in [6, 6.07) is 1.91. The van der Waals surface area contributed by atoms with E-state index in [2.05, 4.69) is 18.7 Å². The Morgan fingerprint density at radius 1 is 1.00 bits per heavy atom. The van der Waals surface area contributed by atoms with E-state index in [1.54, 1.807) is 0 Å². The van der Waals surface area contributed by atoms with E-state index in [1.807, 2.05) is 0 Å². The molecule has 0 aromatic rings. The minimum absolute atomic E-state index is 0.940. The van der Waals surface area contributed by atoms with Gasteiger partial charge in [-0.15, -0.1) is 0 Å². The number of hydrogen-bond acceptors (Lipinski definition) is 1. The van der Waals surface area contributed by atoms with E-state index in [0.717, 1.165) is 18.0 Å². The van der Waals surface area contributed by atoms with Crippen molar-refractivity contribution in [2.45, 2.75) is 83.7 Å². The average Bonchev–Trinajstić information content (AvgIpc) is 2.78. The van der Waals surface area contributed by atoms with E-state index in [-0.39, 0.29) is 0 Å². The van der Waals surface area contributed by atoms with Gasteiger partial charge < -0.3 is 0 Å². The lowest BCUT2D eigenvalue weighted by Crippen LogP contribution is -2.47.